The fraction of sp³-hybridized carbons (Fsp3) is 0.294. The Labute approximate surface area is 130 Å². The van der Waals surface area contributed by atoms with Gasteiger partial charge >= 0.3 is 0 Å². The molecule has 0 radical (unpaired) electrons. The van der Waals surface area contributed by atoms with Crippen molar-refractivity contribution in [1.29, 1.82) is 0 Å². The second kappa shape index (κ2) is 6.15. The van der Waals surface area contributed by atoms with E-state index in [1.807, 2.05) is 18.2 Å². The van der Waals surface area contributed by atoms with Gasteiger partial charge in [-0.2, -0.15) is 0 Å². The number of aromatic nitrogens is 1. The summed E-state index contributed by atoms with van der Waals surface area (Å²) in [7, 11) is 2.13. The number of amides is 1. The number of carbonyl (C=O) groups is 1. The average molecular weight is 296 g/mol. The van der Waals surface area contributed by atoms with Gasteiger partial charge in [0.05, 0.1) is 11.7 Å². The highest BCUT2D eigenvalue weighted by Crippen LogP contribution is 2.29. The molecule has 3 N–H and O–H groups in total. The van der Waals surface area contributed by atoms with Crippen molar-refractivity contribution in [2.24, 2.45) is 5.73 Å². The van der Waals surface area contributed by atoms with E-state index in [-0.39, 0.29) is 0 Å². The van der Waals surface area contributed by atoms with Crippen molar-refractivity contribution in [3.8, 4) is 0 Å². The fourth-order valence-corrected chi connectivity index (χ4v) is 2.89. The molecule has 1 aromatic carbocycles. The number of pyridine rings is 1. The lowest BCUT2D eigenvalue weighted by molar-refractivity contribution is 0.100. The maximum Gasteiger partial charge on any atom is 0.248 e. The number of hydrogen-bond acceptors (Lipinski definition) is 4. The zero-order valence-corrected chi connectivity index (χ0v) is 12.6. The number of nitrogens with one attached hydrogen (secondary N) is 1. The Morgan fingerprint density at radius 2 is 2.14 bits per heavy atom. The Morgan fingerprint density at radius 3 is 2.86 bits per heavy atom. The van der Waals surface area contributed by atoms with Crippen LogP contribution in [0.5, 0.6) is 0 Å². The molecule has 1 aromatic heterocycles. The summed E-state index contributed by atoms with van der Waals surface area (Å²) < 4.78 is 0. The van der Waals surface area contributed by atoms with Gasteiger partial charge in [0.25, 0.3) is 0 Å². The van der Waals surface area contributed by atoms with Gasteiger partial charge < -0.3 is 11.1 Å². The molecule has 22 heavy (non-hydrogen) atoms. The minimum absolute atomic E-state index is 0.388. The molecule has 0 bridgehead atoms. The lowest BCUT2D eigenvalue weighted by Crippen LogP contribution is -2.18. The molecule has 1 fully saturated rings. The summed E-state index contributed by atoms with van der Waals surface area (Å²) in [5.74, 6) is 0.345. The van der Waals surface area contributed by atoms with Gasteiger partial charge in [-0.1, -0.05) is 12.1 Å². The predicted molar refractivity (Wildman–Crippen MR) is 87.1 cm³/mol. The summed E-state index contributed by atoms with van der Waals surface area (Å²) >= 11 is 0. The number of carbonyl (C=O) groups excluding carboxylic acids is 1. The molecule has 2 heterocycles. The Balaban J connectivity index is 1.81. The SMILES string of the molecule is CN1CCCC1c1cccc(Nc2cccc(C(N)=O)c2)n1. The van der Waals surface area contributed by atoms with Crippen LogP contribution in [-0.4, -0.2) is 29.4 Å². The molecule has 0 aliphatic carbocycles. The maximum absolute atomic E-state index is 11.2. The third kappa shape index (κ3) is 3.09. The van der Waals surface area contributed by atoms with Crippen molar-refractivity contribution in [3.63, 3.8) is 0 Å². The molecule has 3 rings (SSSR count). The normalized spacial score (nSPS) is 18.3. The van der Waals surface area contributed by atoms with Gasteiger partial charge in [0.1, 0.15) is 5.82 Å². The third-order valence-electron chi connectivity index (χ3n) is 4.05. The standard InChI is InChI=1S/C17H20N4O/c1-21-10-4-8-15(21)14-7-3-9-16(20-14)19-13-6-2-5-12(11-13)17(18)22/h2-3,5-7,9,11,15H,4,8,10H2,1H3,(H2,18,22)(H,19,20). The van der Waals surface area contributed by atoms with Crippen molar-refractivity contribution in [3.05, 3.63) is 53.7 Å². The summed E-state index contributed by atoms with van der Waals surface area (Å²) in [4.78, 5) is 18.3. The van der Waals surface area contributed by atoms with Crippen LogP contribution in [0.1, 0.15) is 34.9 Å². The summed E-state index contributed by atoms with van der Waals surface area (Å²) in [6.07, 6.45) is 2.35. The summed E-state index contributed by atoms with van der Waals surface area (Å²) in [5, 5.41) is 3.24. The van der Waals surface area contributed by atoms with Gasteiger partial charge in [-0.25, -0.2) is 4.98 Å². The van der Waals surface area contributed by atoms with Gasteiger partial charge in [0, 0.05) is 11.3 Å². The van der Waals surface area contributed by atoms with E-state index >= 15 is 0 Å². The molecule has 1 aliphatic rings. The van der Waals surface area contributed by atoms with Crippen LogP contribution in [0.4, 0.5) is 11.5 Å². The van der Waals surface area contributed by atoms with E-state index in [4.69, 9.17) is 10.7 Å². The molecule has 1 saturated heterocycles. The number of likely N-dealkylation sites (tertiary alicyclic amines) is 1. The predicted octanol–water partition coefficient (Wildman–Crippen LogP) is 2.69. The molecule has 5 nitrogen and oxygen atoms in total. The molecule has 5 heteroatoms. The Hall–Kier alpha value is -2.40. The van der Waals surface area contributed by atoms with Crippen LogP contribution in [0.3, 0.4) is 0 Å². The van der Waals surface area contributed by atoms with E-state index in [0.717, 1.165) is 30.2 Å². The molecule has 2 aromatic rings. The minimum atomic E-state index is -0.432. The average Bonchev–Trinajstić information content (AvgIpc) is 2.94. The zero-order chi connectivity index (χ0) is 15.5. The number of anilines is 2. The summed E-state index contributed by atoms with van der Waals surface area (Å²) in [6, 6.07) is 13.5. The third-order valence-corrected chi connectivity index (χ3v) is 4.05. The van der Waals surface area contributed by atoms with E-state index < -0.39 is 5.91 Å². The molecule has 1 amide bonds. The number of rotatable bonds is 4. The van der Waals surface area contributed by atoms with Crippen LogP contribution < -0.4 is 11.1 Å². The Kier molecular flexibility index (Phi) is 4.06. The van der Waals surface area contributed by atoms with Crippen LogP contribution in [-0.2, 0) is 0 Å². The Bertz CT molecular complexity index is 686. The molecule has 0 spiro atoms. The highest BCUT2D eigenvalue weighted by Gasteiger charge is 2.23. The lowest BCUT2D eigenvalue weighted by Gasteiger charge is -2.19. The van der Waals surface area contributed by atoms with Crippen molar-refractivity contribution in [2.45, 2.75) is 18.9 Å². The fourth-order valence-electron chi connectivity index (χ4n) is 2.89. The van der Waals surface area contributed by atoms with Crippen molar-refractivity contribution >= 4 is 17.4 Å². The minimum Gasteiger partial charge on any atom is -0.366 e. The molecule has 1 aliphatic heterocycles. The molecule has 1 unspecified atom stereocenters. The van der Waals surface area contributed by atoms with Gasteiger partial charge in [0.15, 0.2) is 0 Å². The Morgan fingerprint density at radius 1 is 1.32 bits per heavy atom. The smallest absolute Gasteiger partial charge is 0.248 e. The largest absolute Gasteiger partial charge is 0.366 e. The topological polar surface area (TPSA) is 71.2 Å². The number of nitrogens with zero attached hydrogens (tertiary/aromatic N) is 2. The van der Waals surface area contributed by atoms with Gasteiger partial charge in [-0.05, 0) is 56.8 Å². The molecule has 114 valence electrons. The first kappa shape index (κ1) is 14.5. The number of nitrogens with two attached hydrogens (primary N) is 1. The highest BCUT2D eigenvalue weighted by molar-refractivity contribution is 5.93. The van der Waals surface area contributed by atoms with Gasteiger partial charge in [-0.3, -0.25) is 9.69 Å². The van der Waals surface area contributed by atoms with Crippen LogP contribution in [0.25, 0.3) is 0 Å². The van der Waals surface area contributed by atoms with Crippen LogP contribution >= 0.6 is 0 Å². The highest BCUT2D eigenvalue weighted by atomic mass is 16.1. The quantitative estimate of drug-likeness (QED) is 0.910. The van der Waals surface area contributed by atoms with Crippen LogP contribution in [0, 0.1) is 0 Å². The molecular weight excluding hydrogens is 276 g/mol. The first-order valence-corrected chi connectivity index (χ1v) is 7.47. The summed E-state index contributed by atoms with van der Waals surface area (Å²) in [6.45, 7) is 1.12. The van der Waals surface area contributed by atoms with Gasteiger partial charge in [0.2, 0.25) is 5.91 Å². The number of benzene rings is 1. The molecule has 1 atom stereocenters. The van der Waals surface area contributed by atoms with E-state index in [1.54, 1.807) is 18.2 Å². The van der Waals surface area contributed by atoms with E-state index in [2.05, 4.69) is 23.3 Å². The van der Waals surface area contributed by atoms with Crippen molar-refractivity contribution < 1.29 is 4.79 Å². The second-order valence-corrected chi connectivity index (χ2v) is 5.66. The lowest BCUT2D eigenvalue weighted by atomic mass is 10.1. The maximum atomic E-state index is 11.2. The first-order valence-electron chi connectivity index (χ1n) is 7.47. The first-order chi connectivity index (χ1) is 10.6. The van der Waals surface area contributed by atoms with Gasteiger partial charge in [-0.15, -0.1) is 0 Å². The summed E-state index contributed by atoms with van der Waals surface area (Å²) in [5.41, 5.74) is 7.68. The zero-order valence-electron chi connectivity index (χ0n) is 12.6. The number of hydrogen-bond donors (Lipinski definition) is 2. The van der Waals surface area contributed by atoms with E-state index in [1.165, 1.54) is 6.42 Å². The van der Waals surface area contributed by atoms with Crippen LogP contribution in [0.15, 0.2) is 42.5 Å². The van der Waals surface area contributed by atoms with E-state index in [0.29, 0.717) is 11.6 Å². The monoisotopic (exact) mass is 296 g/mol. The van der Waals surface area contributed by atoms with E-state index in [9.17, 15) is 4.79 Å². The molecular formula is C17H20N4O. The molecule has 0 saturated carbocycles. The number of primary amides is 1. The second-order valence-electron chi connectivity index (χ2n) is 5.66. The van der Waals surface area contributed by atoms with Crippen molar-refractivity contribution in [2.75, 3.05) is 18.9 Å². The van der Waals surface area contributed by atoms with Crippen LogP contribution in [0.2, 0.25) is 0 Å². The van der Waals surface area contributed by atoms with Crippen molar-refractivity contribution in [1.82, 2.24) is 9.88 Å².